The highest BCUT2D eigenvalue weighted by molar-refractivity contribution is 5.82. The van der Waals surface area contributed by atoms with Gasteiger partial charge in [-0.2, -0.15) is 0 Å². The summed E-state index contributed by atoms with van der Waals surface area (Å²) in [7, 11) is 0. The van der Waals surface area contributed by atoms with E-state index in [-0.39, 0.29) is 0 Å². The summed E-state index contributed by atoms with van der Waals surface area (Å²) in [6.07, 6.45) is 20.5. The van der Waals surface area contributed by atoms with Gasteiger partial charge in [-0.1, -0.05) is 110 Å². The van der Waals surface area contributed by atoms with E-state index in [4.69, 9.17) is 0 Å². The van der Waals surface area contributed by atoms with E-state index < -0.39 is 0 Å². The number of unbranched alkanes of at least 4 members (excludes halogenated alkanes) is 9. The molecule has 0 amide bonds. The molecular weight excluding hydrogens is 472 g/mol. The van der Waals surface area contributed by atoms with Crippen LogP contribution in [-0.2, 0) is 12.8 Å². The van der Waals surface area contributed by atoms with Gasteiger partial charge in [0, 0.05) is 22.3 Å². The van der Waals surface area contributed by atoms with Crippen molar-refractivity contribution in [2.24, 2.45) is 0 Å². The van der Waals surface area contributed by atoms with Gasteiger partial charge in [-0.15, -0.1) is 0 Å². The van der Waals surface area contributed by atoms with Gasteiger partial charge >= 0.3 is 0 Å². The lowest BCUT2D eigenvalue weighted by Gasteiger charge is -2.11. The van der Waals surface area contributed by atoms with Crippen LogP contribution in [0.2, 0.25) is 0 Å². The third kappa shape index (κ3) is 9.02. The predicted molar refractivity (Wildman–Crippen MR) is 170 cm³/mol. The van der Waals surface area contributed by atoms with E-state index in [2.05, 4.69) is 76.2 Å². The van der Waals surface area contributed by atoms with Crippen molar-refractivity contribution in [3.63, 3.8) is 0 Å². The van der Waals surface area contributed by atoms with Gasteiger partial charge in [-0.3, -0.25) is 0 Å². The van der Waals surface area contributed by atoms with Gasteiger partial charge < -0.3 is 5.53 Å². The Hall–Kier alpha value is -2.48. The van der Waals surface area contributed by atoms with E-state index in [0.717, 1.165) is 61.0 Å². The summed E-state index contributed by atoms with van der Waals surface area (Å²) in [6.45, 7) is 9.07. The minimum Gasteiger partial charge on any atom is -0.493 e. The normalized spacial score (nSPS) is 13.7. The number of benzene rings is 2. The van der Waals surface area contributed by atoms with Gasteiger partial charge in [0.15, 0.2) is 0 Å². The van der Waals surface area contributed by atoms with Gasteiger partial charge in [-0.05, 0) is 86.8 Å². The van der Waals surface area contributed by atoms with Gasteiger partial charge in [-0.25, -0.2) is 4.70 Å². The molecule has 1 aliphatic rings. The van der Waals surface area contributed by atoms with Crippen LogP contribution in [0, 0.1) is 0 Å². The molecule has 3 rings (SSSR count). The van der Waals surface area contributed by atoms with Crippen molar-refractivity contribution < 1.29 is 4.70 Å². The fraction of sp³-hybridized carbons (Fsp3) is 0.568. The van der Waals surface area contributed by atoms with Crippen LogP contribution in [0.15, 0.2) is 59.7 Å². The van der Waals surface area contributed by atoms with Crippen LogP contribution in [0.25, 0.3) is 16.9 Å². The zero-order valence-electron chi connectivity index (χ0n) is 25.5. The lowest BCUT2D eigenvalue weighted by molar-refractivity contribution is -0.345. The Labute approximate surface area is 240 Å². The average molecular weight is 527 g/mol. The summed E-state index contributed by atoms with van der Waals surface area (Å²) < 4.78 is 1.55. The number of rotatable bonds is 19. The Morgan fingerprint density at radius 2 is 1.00 bits per heavy atom. The Bertz CT molecular complexity index is 1090. The molecule has 1 aliphatic heterocycles. The first-order chi connectivity index (χ1) is 19.1. The highest BCUT2D eigenvalue weighted by atomic mass is 15.2. The molecule has 2 aromatic carbocycles. The van der Waals surface area contributed by atoms with E-state index in [0.29, 0.717) is 0 Å². The van der Waals surface area contributed by atoms with Crippen LogP contribution < -0.4 is 0 Å². The fourth-order valence-electron chi connectivity index (χ4n) is 5.91. The molecule has 0 saturated carbocycles. The van der Waals surface area contributed by atoms with Crippen molar-refractivity contribution >= 4 is 11.4 Å². The highest BCUT2D eigenvalue weighted by Crippen LogP contribution is 2.44. The largest absolute Gasteiger partial charge is 0.493 e. The van der Waals surface area contributed by atoms with Crippen molar-refractivity contribution in [1.82, 2.24) is 0 Å². The van der Waals surface area contributed by atoms with E-state index >= 15 is 0 Å². The first-order valence-corrected chi connectivity index (χ1v) is 16.3. The van der Waals surface area contributed by atoms with Crippen LogP contribution in [0.1, 0.15) is 146 Å². The van der Waals surface area contributed by atoms with Gasteiger partial charge in [0.1, 0.15) is 0 Å². The van der Waals surface area contributed by atoms with E-state index in [1.165, 1.54) is 92.9 Å². The minimum absolute atomic E-state index is 1.01. The van der Waals surface area contributed by atoms with E-state index in [1.54, 1.807) is 4.70 Å². The molecule has 0 aromatic heterocycles. The summed E-state index contributed by atoms with van der Waals surface area (Å²) in [4.78, 5) is 0. The predicted octanol–water partition coefficient (Wildman–Crippen LogP) is 11.9. The lowest BCUT2D eigenvalue weighted by Crippen LogP contribution is -2.03. The third-order valence-electron chi connectivity index (χ3n) is 8.24. The van der Waals surface area contributed by atoms with Crippen molar-refractivity contribution in [3.05, 3.63) is 87.5 Å². The molecule has 0 fully saturated rings. The summed E-state index contributed by atoms with van der Waals surface area (Å²) in [5, 5.41) is 0. The second-order valence-corrected chi connectivity index (χ2v) is 11.5. The fourth-order valence-corrected chi connectivity index (χ4v) is 5.91. The lowest BCUT2D eigenvalue weighted by atomic mass is 9.91. The maximum atomic E-state index is 11.9. The van der Waals surface area contributed by atoms with Crippen LogP contribution in [0.5, 0.6) is 0 Å². The number of allylic oxidation sites excluding steroid dienone is 2. The molecule has 0 aliphatic carbocycles. The Morgan fingerprint density at radius 1 is 0.487 bits per heavy atom. The molecule has 0 unspecified atom stereocenters. The minimum atomic E-state index is 1.01. The Morgan fingerprint density at radius 3 is 1.62 bits per heavy atom. The summed E-state index contributed by atoms with van der Waals surface area (Å²) in [6, 6.07) is 18.0. The van der Waals surface area contributed by atoms with Crippen molar-refractivity contribution in [1.29, 1.82) is 0 Å². The molecule has 2 heteroatoms. The molecule has 0 N–H and O–H groups in total. The van der Waals surface area contributed by atoms with Gasteiger partial charge in [0.05, 0.1) is 0 Å². The molecular formula is C37H54N2. The maximum Gasteiger partial charge on any atom is 0.211 e. The van der Waals surface area contributed by atoms with Crippen molar-refractivity contribution in [2.75, 3.05) is 0 Å². The standard InChI is InChI=1S/C37H54N2/c1-5-9-13-16-19-30-25-27-32(28-26-30)36-35(24-15-11-7-3)34(23-12-8-4)37(39(36)38)33-22-18-21-31(29-33)20-17-14-10-6-2/h18,21-22,25-29H,5-17,19-20,23-24H2,1-4H3. The molecule has 0 atom stereocenters. The maximum absolute atomic E-state index is 11.9. The second kappa shape index (κ2) is 17.3. The monoisotopic (exact) mass is 526 g/mol. The first kappa shape index (κ1) is 31.1. The molecule has 0 radical (unpaired) electrons. The molecule has 2 aromatic rings. The molecule has 212 valence electrons. The average Bonchev–Trinajstić information content (AvgIpc) is 3.23. The van der Waals surface area contributed by atoms with E-state index in [1.807, 2.05) is 0 Å². The zero-order chi connectivity index (χ0) is 27.9. The Kier molecular flexibility index (Phi) is 13.7. The van der Waals surface area contributed by atoms with Crippen molar-refractivity contribution in [3.8, 4) is 0 Å². The second-order valence-electron chi connectivity index (χ2n) is 11.5. The van der Waals surface area contributed by atoms with Crippen LogP contribution in [0.4, 0.5) is 0 Å². The number of hydrogen-bond donors (Lipinski definition) is 0. The summed E-state index contributed by atoms with van der Waals surface area (Å²) >= 11 is 0. The smallest absolute Gasteiger partial charge is 0.211 e. The van der Waals surface area contributed by atoms with E-state index in [9.17, 15) is 5.53 Å². The van der Waals surface area contributed by atoms with Crippen molar-refractivity contribution in [2.45, 2.75) is 137 Å². The van der Waals surface area contributed by atoms with Crippen LogP contribution >= 0.6 is 0 Å². The molecule has 0 bridgehead atoms. The third-order valence-corrected chi connectivity index (χ3v) is 8.24. The van der Waals surface area contributed by atoms with Gasteiger partial charge in [0.2, 0.25) is 11.4 Å². The quantitative estimate of drug-likeness (QED) is 0.128. The summed E-state index contributed by atoms with van der Waals surface area (Å²) in [5.41, 5.74) is 21.7. The number of hydrogen-bond acceptors (Lipinski definition) is 0. The first-order valence-electron chi connectivity index (χ1n) is 16.3. The SMILES string of the molecule is CCCCCCc1ccc(C2=C(CCCCC)C(CCCC)=C(c3cccc(CCCCCC)c3)[N+]2=[N-])cc1. The van der Waals surface area contributed by atoms with Crippen LogP contribution in [0.3, 0.4) is 0 Å². The molecule has 1 heterocycles. The Balaban J connectivity index is 1.95. The molecule has 0 saturated heterocycles. The molecule has 0 spiro atoms. The zero-order valence-corrected chi connectivity index (χ0v) is 25.5. The number of aryl methyl sites for hydroxylation is 2. The topological polar surface area (TPSA) is 25.3 Å². The summed E-state index contributed by atoms with van der Waals surface area (Å²) in [5.74, 6) is 0. The number of nitrogens with zero attached hydrogens (tertiary/aromatic N) is 2. The van der Waals surface area contributed by atoms with Gasteiger partial charge in [0.25, 0.3) is 0 Å². The molecule has 2 nitrogen and oxygen atoms in total. The van der Waals surface area contributed by atoms with Crippen LogP contribution in [-0.4, -0.2) is 4.70 Å². The highest BCUT2D eigenvalue weighted by Gasteiger charge is 2.35. The molecule has 39 heavy (non-hydrogen) atoms.